The molecule has 138 valence electrons. The van der Waals surface area contributed by atoms with E-state index >= 15 is 0 Å². The van der Waals surface area contributed by atoms with Crippen LogP contribution in [-0.4, -0.2) is 79.5 Å². The molecule has 2 saturated heterocycles. The summed E-state index contributed by atoms with van der Waals surface area (Å²) in [4.78, 5) is 16.8. The topological polar surface area (TPSA) is 68.0 Å². The first kappa shape index (κ1) is 17.0. The van der Waals surface area contributed by atoms with Crippen molar-refractivity contribution in [1.29, 1.82) is 0 Å². The molecule has 2 aliphatic heterocycles. The number of hydrogen-bond acceptors (Lipinski definition) is 6. The Kier molecular flexibility index (Phi) is 4.56. The van der Waals surface area contributed by atoms with Crippen molar-refractivity contribution in [3.63, 3.8) is 0 Å². The molecule has 1 amide bonds. The fourth-order valence-electron chi connectivity index (χ4n) is 3.84. The minimum Gasteiger partial charge on any atom is -0.377 e. The maximum Gasteiger partial charge on any atom is 0.276 e. The van der Waals surface area contributed by atoms with E-state index in [0.29, 0.717) is 37.9 Å². The maximum absolute atomic E-state index is 12.9. The second-order valence-corrected chi connectivity index (χ2v) is 7.89. The Morgan fingerprint density at radius 1 is 1.40 bits per heavy atom. The number of hydrogen-bond donors (Lipinski definition) is 0. The second-order valence-electron chi connectivity index (χ2n) is 7.89. The number of amides is 1. The fourth-order valence-corrected chi connectivity index (χ4v) is 3.84. The van der Waals surface area contributed by atoms with Gasteiger partial charge in [-0.25, -0.2) is 0 Å². The summed E-state index contributed by atoms with van der Waals surface area (Å²) in [6.45, 7) is 3.09. The molecular weight excluding hydrogens is 322 g/mol. The van der Waals surface area contributed by atoms with Crippen LogP contribution in [0, 0.1) is 0 Å². The summed E-state index contributed by atoms with van der Waals surface area (Å²) in [5, 5.41) is 4.00. The Bertz CT molecular complexity index is 628. The summed E-state index contributed by atoms with van der Waals surface area (Å²) in [6.07, 6.45) is 4.37. The van der Waals surface area contributed by atoms with Gasteiger partial charge in [-0.05, 0) is 39.8 Å². The van der Waals surface area contributed by atoms with Gasteiger partial charge in [0.05, 0.1) is 25.9 Å². The molecule has 0 radical (unpaired) electrons. The summed E-state index contributed by atoms with van der Waals surface area (Å²) in [6, 6.07) is 1.81. The van der Waals surface area contributed by atoms with Gasteiger partial charge in [-0.15, -0.1) is 0 Å². The van der Waals surface area contributed by atoms with E-state index in [0.717, 1.165) is 38.0 Å². The Labute approximate surface area is 148 Å². The van der Waals surface area contributed by atoms with Crippen LogP contribution >= 0.6 is 0 Å². The Morgan fingerprint density at radius 3 is 3.00 bits per heavy atom. The van der Waals surface area contributed by atoms with Gasteiger partial charge in [-0.2, -0.15) is 0 Å². The zero-order valence-corrected chi connectivity index (χ0v) is 15.1. The highest BCUT2D eigenvalue weighted by Crippen LogP contribution is 2.40. The van der Waals surface area contributed by atoms with E-state index in [1.807, 2.05) is 11.0 Å². The molecule has 3 fully saturated rings. The third kappa shape index (κ3) is 3.73. The molecule has 0 unspecified atom stereocenters. The molecule has 7 heteroatoms. The largest absolute Gasteiger partial charge is 0.377 e. The Hall–Kier alpha value is -1.44. The molecule has 1 aromatic rings. The van der Waals surface area contributed by atoms with E-state index in [-0.39, 0.29) is 12.0 Å². The molecule has 0 N–H and O–H groups in total. The van der Waals surface area contributed by atoms with E-state index in [9.17, 15) is 4.79 Å². The van der Waals surface area contributed by atoms with E-state index in [1.54, 1.807) is 0 Å². The highest BCUT2D eigenvalue weighted by atomic mass is 16.6. The number of likely N-dealkylation sites (N-methyl/N-ethyl adjacent to an activating group) is 1. The average Bonchev–Trinajstić information content (AvgIpc) is 3.24. The molecule has 2 atom stereocenters. The lowest BCUT2D eigenvalue weighted by atomic mass is 10.00. The van der Waals surface area contributed by atoms with Crippen molar-refractivity contribution < 1.29 is 18.8 Å². The van der Waals surface area contributed by atoms with Gasteiger partial charge in [-0.1, -0.05) is 5.16 Å². The van der Waals surface area contributed by atoms with Gasteiger partial charge < -0.3 is 23.8 Å². The van der Waals surface area contributed by atoms with Crippen LogP contribution in [0.5, 0.6) is 0 Å². The highest BCUT2D eigenvalue weighted by molar-refractivity contribution is 5.92. The van der Waals surface area contributed by atoms with Crippen molar-refractivity contribution in [3.05, 3.63) is 17.5 Å². The molecule has 0 bridgehead atoms. The molecule has 1 aliphatic carbocycles. The van der Waals surface area contributed by atoms with Crippen molar-refractivity contribution >= 4 is 5.91 Å². The number of carbonyl (C=O) groups excluding carboxylic acids is 1. The SMILES string of the molecule is CN(C)C[C@H]1CC[C@@]2(COCCN(C(=O)c3cc(C4CC4)on3)C2)O1. The molecule has 3 heterocycles. The number of ether oxygens (including phenoxy) is 2. The van der Waals surface area contributed by atoms with Crippen LogP contribution in [0.15, 0.2) is 10.6 Å². The van der Waals surface area contributed by atoms with Gasteiger partial charge in [-0.3, -0.25) is 4.79 Å². The summed E-state index contributed by atoms with van der Waals surface area (Å²) in [5.41, 5.74) is 0.0115. The van der Waals surface area contributed by atoms with E-state index < -0.39 is 5.60 Å². The molecular formula is C18H27N3O4. The molecule has 7 nitrogen and oxygen atoms in total. The van der Waals surface area contributed by atoms with Crippen LogP contribution < -0.4 is 0 Å². The van der Waals surface area contributed by atoms with Gasteiger partial charge in [0.15, 0.2) is 5.69 Å². The third-order valence-corrected chi connectivity index (χ3v) is 5.27. The predicted molar refractivity (Wildman–Crippen MR) is 90.6 cm³/mol. The van der Waals surface area contributed by atoms with Crippen LogP contribution in [-0.2, 0) is 9.47 Å². The van der Waals surface area contributed by atoms with Gasteiger partial charge in [0, 0.05) is 25.1 Å². The smallest absolute Gasteiger partial charge is 0.276 e. The van der Waals surface area contributed by atoms with E-state index in [2.05, 4.69) is 24.2 Å². The van der Waals surface area contributed by atoms with Crippen LogP contribution in [0.2, 0.25) is 0 Å². The summed E-state index contributed by atoms with van der Waals surface area (Å²) >= 11 is 0. The van der Waals surface area contributed by atoms with Crippen molar-refractivity contribution in [2.75, 3.05) is 46.9 Å². The van der Waals surface area contributed by atoms with Crippen molar-refractivity contribution in [1.82, 2.24) is 15.0 Å². The van der Waals surface area contributed by atoms with Gasteiger partial charge in [0.2, 0.25) is 0 Å². The quantitative estimate of drug-likeness (QED) is 0.821. The van der Waals surface area contributed by atoms with E-state index in [4.69, 9.17) is 14.0 Å². The minimum atomic E-state index is -0.393. The van der Waals surface area contributed by atoms with Crippen LogP contribution in [0.25, 0.3) is 0 Å². The molecule has 1 saturated carbocycles. The van der Waals surface area contributed by atoms with Crippen molar-refractivity contribution in [2.24, 2.45) is 0 Å². The second kappa shape index (κ2) is 6.70. The van der Waals surface area contributed by atoms with Crippen LogP contribution in [0.3, 0.4) is 0 Å². The monoisotopic (exact) mass is 349 g/mol. The zero-order chi connectivity index (χ0) is 17.4. The number of rotatable bonds is 4. The minimum absolute atomic E-state index is 0.0832. The lowest BCUT2D eigenvalue weighted by molar-refractivity contribution is -0.0878. The highest BCUT2D eigenvalue weighted by Gasteiger charge is 2.44. The zero-order valence-electron chi connectivity index (χ0n) is 15.1. The molecule has 3 aliphatic rings. The van der Waals surface area contributed by atoms with Gasteiger partial charge >= 0.3 is 0 Å². The standard InChI is InChI=1S/C18H27N3O4/c1-20(2)10-14-5-6-18(24-14)11-21(7-8-23-12-18)17(22)15-9-16(25-19-15)13-3-4-13/h9,13-14H,3-8,10-12H2,1-2H3/t14-,18-/m1/s1. The van der Waals surface area contributed by atoms with Gasteiger partial charge in [0.1, 0.15) is 11.4 Å². The first-order chi connectivity index (χ1) is 12.0. The third-order valence-electron chi connectivity index (χ3n) is 5.27. The predicted octanol–water partition coefficient (Wildman–Crippen LogP) is 1.50. The first-order valence-electron chi connectivity index (χ1n) is 9.21. The fraction of sp³-hybridized carbons (Fsp3) is 0.778. The average molecular weight is 349 g/mol. The van der Waals surface area contributed by atoms with Crippen LogP contribution in [0.4, 0.5) is 0 Å². The van der Waals surface area contributed by atoms with Crippen LogP contribution in [0.1, 0.15) is 47.8 Å². The van der Waals surface area contributed by atoms with E-state index in [1.165, 1.54) is 0 Å². The molecule has 4 rings (SSSR count). The van der Waals surface area contributed by atoms with Gasteiger partial charge in [0.25, 0.3) is 5.91 Å². The molecule has 25 heavy (non-hydrogen) atoms. The lowest BCUT2D eigenvalue weighted by Crippen LogP contribution is -2.47. The summed E-state index contributed by atoms with van der Waals surface area (Å²) < 4.78 is 17.5. The molecule has 0 aromatic carbocycles. The normalized spacial score (nSPS) is 30.2. The Morgan fingerprint density at radius 2 is 2.24 bits per heavy atom. The molecule has 1 spiro atoms. The van der Waals surface area contributed by atoms with Crippen molar-refractivity contribution in [3.8, 4) is 0 Å². The molecule has 1 aromatic heterocycles. The lowest BCUT2D eigenvalue weighted by Gasteiger charge is -2.32. The number of nitrogens with zero attached hydrogens (tertiary/aromatic N) is 3. The summed E-state index contributed by atoms with van der Waals surface area (Å²) in [5.74, 6) is 1.21. The first-order valence-corrected chi connectivity index (χ1v) is 9.21. The summed E-state index contributed by atoms with van der Waals surface area (Å²) in [7, 11) is 4.10. The Balaban J connectivity index is 1.45. The maximum atomic E-state index is 12.9. The number of aromatic nitrogens is 1. The number of carbonyl (C=O) groups is 1. The van der Waals surface area contributed by atoms with Crippen molar-refractivity contribution in [2.45, 2.75) is 43.3 Å².